The Kier molecular flexibility index (Phi) is 3.71. The number of aryl methyl sites for hydroxylation is 1. The van der Waals surface area contributed by atoms with Gasteiger partial charge in [0.05, 0.1) is 0 Å². The van der Waals surface area contributed by atoms with E-state index >= 15 is 0 Å². The van der Waals surface area contributed by atoms with Gasteiger partial charge >= 0.3 is 0 Å². The molecule has 1 amide bonds. The second kappa shape index (κ2) is 5.44. The number of anilines is 1. The lowest BCUT2D eigenvalue weighted by molar-refractivity contribution is -0.112. The van der Waals surface area contributed by atoms with Crippen LogP contribution in [0.1, 0.15) is 15.9 Å². The molecule has 0 unspecified atom stereocenters. The van der Waals surface area contributed by atoms with E-state index in [0.717, 1.165) is 17.7 Å². The Balaban J connectivity index is 2.14. The lowest BCUT2D eigenvalue weighted by atomic mass is 10.1. The molecule has 96 valence electrons. The second-order valence-corrected chi connectivity index (χ2v) is 4.11. The molecule has 2 aromatic carbocycles. The van der Waals surface area contributed by atoms with Crippen LogP contribution < -0.4 is 5.32 Å². The van der Waals surface area contributed by atoms with Crippen LogP contribution in [0.15, 0.2) is 48.5 Å². The first-order chi connectivity index (χ1) is 9.08. The summed E-state index contributed by atoms with van der Waals surface area (Å²) < 4.78 is 12.7. The number of ketones is 1. The minimum atomic E-state index is -0.735. The topological polar surface area (TPSA) is 46.2 Å². The number of nitrogens with one attached hydrogen (secondary N) is 1. The first-order valence-corrected chi connectivity index (χ1v) is 5.75. The predicted molar refractivity (Wildman–Crippen MR) is 70.5 cm³/mol. The van der Waals surface area contributed by atoms with E-state index in [2.05, 4.69) is 5.32 Å². The molecule has 0 spiro atoms. The van der Waals surface area contributed by atoms with E-state index in [1.807, 2.05) is 19.1 Å². The van der Waals surface area contributed by atoms with E-state index in [1.165, 1.54) is 12.1 Å². The van der Waals surface area contributed by atoms with Crippen LogP contribution in [0.2, 0.25) is 0 Å². The summed E-state index contributed by atoms with van der Waals surface area (Å²) in [6.07, 6.45) is 0. The summed E-state index contributed by atoms with van der Waals surface area (Å²) in [5, 5.41) is 2.54. The molecule has 0 saturated carbocycles. The van der Waals surface area contributed by atoms with Gasteiger partial charge in [0.15, 0.2) is 0 Å². The van der Waals surface area contributed by atoms with Crippen molar-refractivity contribution in [2.24, 2.45) is 0 Å². The van der Waals surface area contributed by atoms with Crippen molar-refractivity contribution in [2.45, 2.75) is 6.92 Å². The van der Waals surface area contributed by atoms with Gasteiger partial charge in [0.2, 0.25) is 0 Å². The van der Waals surface area contributed by atoms with Crippen molar-refractivity contribution in [3.05, 3.63) is 65.5 Å². The van der Waals surface area contributed by atoms with Gasteiger partial charge in [0.25, 0.3) is 11.7 Å². The molecule has 0 bridgehead atoms. The molecule has 0 radical (unpaired) electrons. The fourth-order valence-corrected chi connectivity index (χ4v) is 1.62. The zero-order valence-corrected chi connectivity index (χ0v) is 10.3. The lowest BCUT2D eigenvalue weighted by Crippen LogP contribution is -2.23. The summed E-state index contributed by atoms with van der Waals surface area (Å²) >= 11 is 0. The number of halogens is 1. The van der Waals surface area contributed by atoms with Gasteiger partial charge in [0, 0.05) is 11.3 Å². The highest BCUT2D eigenvalue weighted by molar-refractivity contribution is 6.46. The van der Waals surface area contributed by atoms with Crippen molar-refractivity contribution in [3.63, 3.8) is 0 Å². The third-order valence-corrected chi connectivity index (χ3v) is 2.71. The fourth-order valence-electron chi connectivity index (χ4n) is 1.62. The average Bonchev–Trinajstić information content (AvgIpc) is 2.41. The monoisotopic (exact) mass is 257 g/mol. The smallest absolute Gasteiger partial charge is 0.296 e. The first-order valence-electron chi connectivity index (χ1n) is 5.75. The van der Waals surface area contributed by atoms with E-state index in [0.29, 0.717) is 5.69 Å². The highest BCUT2D eigenvalue weighted by Crippen LogP contribution is 2.14. The minimum Gasteiger partial charge on any atom is -0.319 e. The fraction of sp³-hybridized carbons (Fsp3) is 0.0667. The molecule has 0 aliphatic heterocycles. The van der Waals surface area contributed by atoms with Crippen LogP contribution in [0.25, 0.3) is 0 Å². The number of carbonyl (C=O) groups is 2. The van der Waals surface area contributed by atoms with Gasteiger partial charge in [-0.2, -0.15) is 0 Å². The van der Waals surface area contributed by atoms with E-state index in [9.17, 15) is 14.0 Å². The number of benzene rings is 2. The molecule has 0 aromatic heterocycles. The number of amides is 1. The molecule has 2 rings (SSSR count). The van der Waals surface area contributed by atoms with Gasteiger partial charge in [-0.05, 0) is 42.8 Å². The van der Waals surface area contributed by atoms with Gasteiger partial charge in [-0.25, -0.2) is 4.39 Å². The third-order valence-electron chi connectivity index (χ3n) is 2.71. The van der Waals surface area contributed by atoms with Gasteiger partial charge in [-0.15, -0.1) is 0 Å². The average molecular weight is 257 g/mol. The lowest BCUT2D eigenvalue weighted by Gasteiger charge is -2.07. The van der Waals surface area contributed by atoms with Crippen molar-refractivity contribution in [1.29, 1.82) is 0 Å². The summed E-state index contributed by atoms with van der Waals surface area (Å²) in [7, 11) is 0. The zero-order chi connectivity index (χ0) is 13.8. The summed E-state index contributed by atoms with van der Waals surface area (Å²) in [5.74, 6) is -1.87. The molecule has 0 atom stereocenters. The van der Waals surface area contributed by atoms with E-state index in [-0.39, 0.29) is 5.56 Å². The quantitative estimate of drug-likeness (QED) is 0.678. The van der Waals surface area contributed by atoms with Crippen LogP contribution in [0.4, 0.5) is 10.1 Å². The number of rotatable bonds is 3. The molecule has 0 aliphatic carbocycles. The zero-order valence-electron chi connectivity index (χ0n) is 10.3. The maximum Gasteiger partial charge on any atom is 0.296 e. The number of para-hydroxylation sites is 1. The van der Waals surface area contributed by atoms with E-state index in [4.69, 9.17) is 0 Å². The molecule has 1 N–H and O–H groups in total. The molecule has 3 nitrogen and oxygen atoms in total. The summed E-state index contributed by atoms with van der Waals surface area (Å²) in [5.41, 5.74) is 1.61. The molecule has 0 saturated heterocycles. The van der Waals surface area contributed by atoms with Crippen LogP contribution >= 0.6 is 0 Å². The molecule has 0 aliphatic rings. The van der Waals surface area contributed by atoms with Crippen LogP contribution in [-0.2, 0) is 4.79 Å². The van der Waals surface area contributed by atoms with Crippen molar-refractivity contribution in [3.8, 4) is 0 Å². The van der Waals surface area contributed by atoms with Crippen LogP contribution in [0.3, 0.4) is 0 Å². The Morgan fingerprint density at radius 2 is 1.63 bits per heavy atom. The van der Waals surface area contributed by atoms with Gasteiger partial charge in [0.1, 0.15) is 5.82 Å². The van der Waals surface area contributed by atoms with Gasteiger partial charge in [-0.3, -0.25) is 9.59 Å². The first kappa shape index (κ1) is 13.0. The maximum atomic E-state index is 12.7. The number of Topliss-reactive ketones (excluding diaryl/α,β-unsaturated/α-hetero) is 1. The van der Waals surface area contributed by atoms with Gasteiger partial charge < -0.3 is 5.32 Å². The minimum absolute atomic E-state index is 0.160. The van der Waals surface area contributed by atoms with Crippen molar-refractivity contribution in [1.82, 2.24) is 0 Å². The standard InChI is InChI=1S/C15H12FNO2/c1-10-4-2-3-5-13(10)17-15(19)14(18)11-6-8-12(16)9-7-11/h2-9H,1H3,(H,17,19). The molecule has 0 heterocycles. The molecule has 4 heteroatoms. The largest absolute Gasteiger partial charge is 0.319 e. The summed E-state index contributed by atoms with van der Waals surface area (Å²) in [6, 6.07) is 12.0. The van der Waals surface area contributed by atoms with E-state index < -0.39 is 17.5 Å². The highest BCUT2D eigenvalue weighted by Gasteiger charge is 2.16. The number of hydrogen-bond acceptors (Lipinski definition) is 2. The highest BCUT2D eigenvalue weighted by atomic mass is 19.1. The predicted octanol–water partition coefficient (Wildman–Crippen LogP) is 2.96. The van der Waals surface area contributed by atoms with Crippen molar-refractivity contribution >= 4 is 17.4 Å². The molecule has 0 fully saturated rings. The maximum absolute atomic E-state index is 12.7. The Bertz CT molecular complexity index is 620. The molecular weight excluding hydrogens is 245 g/mol. The van der Waals surface area contributed by atoms with E-state index in [1.54, 1.807) is 12.1 Å². The third kappa shape index (κ3) is 3.04. The van der Waals surface area contributed by atoms with Crippen molar-refractivity contribution in [2.75, 3.05) is 5.32 Å². The Hall–Kier alpha value is -2.49. The second-order valence-electron chi connectivity index (χ2n) is 4.11. The molecule has 2 aromatic rings. The summed E-state index contributed by atoms with van der Waals surface area (Å²) in [6.45, 7) is 1.83. The molecular formula is C15H12FNO2. The van der Waals surface area contributed by atoms with Crippen LogP contribution in [0.5, 0.6) is 0 Å². The van der Waals surface area contributed by atoms with Crippen LogP contribution in [0, 0.1) is 12.7 Å². The normalized spacial score (nSPS) is 10.0. The Morgan fingerprint density at radius 3 is 2.26 bits per heavy atom. The Labute approximate surface area is 110 Å². The SMILES string of the molecule is Cc1ccccc1NC(=O)C(=O)c1ccc(F)cc1. The van der Waals surface area contributed by atoms with Crippen LogP contribution in [-0.4, -0.2) is 11.7 Å². The van der Waals surface area contributed by atoms with Gasteiger partial charge in [-0.1, -0.05) is 18.2 Å². The Morgan fingerprint density at radius 1 is 1.00 bits per heavy atom. The summed E-state index contributed by atoms with van der Waals surface area (Å²) in [4.78, 5) is 23.6. The number of carbonyl (C=O) groups excluding carboxylic acids is 2. The molecule has 19 heavy (non-hydrogen) atoms. The number of hydrogen-bond donors (Lipinski definition) is 1. The van der Waals surface area contributed by atoms with Crippen molar-refractivity contribution < 1.29 is 14.0 Å².